The fourth-order valence-electron chi connectivity index (χ4n) is 2.80. The van der Waals surface area contributed by atoms with E-state index in [1.165, 1.54) is 11.3 Å². The number of nitrogens with zero attached hydrogens (tertiary/aromatic N) is 3. The molecule has 0 saturated heterocycles. The molecular formula is C16H21N3O2. The van der Waals surface area contributed by atoms with Gasteiger partial charge in [0.2, 0.25) is 0 Å². The number of rotatable bonds is 6. The van der Waals surface area contributed by atoms with Crippen molar-refractivity contribution in [2.24, 2.45) is 5.92 Å². The number of aromatic nitrogens is 2. The highest BCUT2D eigenvalue weighted by Gasteiger charge is 2.22. The lowest BCUT2D eigenvalue weighted by Gasteiger charge is -2.23. The van der Waals surface area contributed by atoms with Crippen molar-refractivity contribution < 1.29 is 9.15 Å². The first-order valence-electron chi connectivity index (χ1n) is 7.28. The lowest BCUT2D eigenvalue weighted by Crippen LogP contribution is -2.30. The number of fused-ring (bicyclic) bond motifs is 1. The van der Waals surface area contributed by atoms with Crippen molar-refractivity contribution in [1.82, 2.24) is 14.7 Å². The number of hydrogen-bond donors (Lipinski definition) is 0. The standard InChI is InChI=1S/C16H21N3O2/c1-2-6-20-13-15-9-18(8-14-4-7-21-12-14)11-16-3-5-17-19(16)10-15/h2-5,7,12,15H,1,6,8-11,13H2. The molecule has 1 atom stereocenters. The molecule has 3 heterocycles. The van der Waals surface area contributed by atoms with Crippen LogP contribution >= 0.6 is 0 Å². The van der Waals surface area contributed by atoms with Crippen LogP contribution in [0.2, 0.25) is 0 Å². The van der Waals surface area contributed by atoms with Crippen LogP contribution in [0.1, 0.15) is 11.3 Å². The van der Waals surface area contributed by atoms with Gasteiger partial charge in [0.05, 0.1) is 31.4 Å². The highest BCUT2D eigenvalue weighted by molar-refractivity contribution is 5.07. The van der Waals surface area contributed by atoms with Crippen LogP contribution in [0.5, 0.6) is 0 Å². The Labute approximate surface area is 124 Å². The van der Waals surface area contributed by atoms with Crippen LogP contribution in [-0.4, -0.2) is 34.4 Å². The molecule has 5 heteroatoms. The lowest BCUT2D eigenvalue weighted by atomic mass is 10.1. The van der Waals surface area contributed by atoms with Crippen molar-refractivity contribution >= 4 is 0 Å². The van der Waals surface area contributed by atoms with Crippen molar-refractivity contribution in [2.75, 3.05) is 19.8 Å². The maximum Gasteiger partial charge on any atom is 0.0947 e. The van der Waals surface area contributed by atoms with Gasteiger partial charge in [-0.3, -0.25) is 9.58 Å². The zero-order chi connectivity index (χ0) is 14.5. The second-order valence-electron chi connectivity index (χ2n) is 5.50. The zero-order valence-electron chi connectivity index (χ0n) is 12.1. The Bertz CT molecular complexity index is 562. The summed E-state index contributed by atoms with van der Waals surface area (Å²) >= 11 is 0. The molecule has 2 aromatic heterocycles. The topological polar surface area (TPSA) is 43.4 Å². The van der Waals surface area contributed by atoms with Crippen LogP contribution in [0.3, 0.4) is 0 Å². The molecule has 2 aromatic rings. The molecule has 0 spiro atoms. The summed E-state index contributed by atoms with van der Waals surface area (Å²) in [6.45, 7) is 8.71. The van der Waals surface area contributed by atoms with E-state index in [2.05, 4.69) is 27.3 Å². The van der Waals surface area contributed by atoms with E-state index in [9.17, 15) is 0 Å². The van der Waals surface area contributed by atoms with Crippen LogP contribution < -0.4 is 0 Å². The maximum atomic E-state index is 5.65. The van der Waals surface area contributed by atoms with E-state index in [0.29, 0.717) is 12.5 Å². The van der Waals surface area contributed by atoms with Crippen molar-refractivity contribution in [1.29, 1.82) is 0 Å². The molecule has 5 nitrogen and oxygen atoms in total. The number of ether oxygens (including phenoxy) is 1. The first-order valence-corrected chi connectivity index (χ1v) is 7.28. The van der Waals surface area contributed by atoms with Crippen molar-refractivity contribution in [3.8, 4) is 0 Å². The van der Waals surface area contributed by atoms with E-state index in [4.69, 9.17) is 9.15 Å². The van der Waals surface area contributed by atoms with Gasteiger partial charge in [-0.25, -0.2) is 0 Å². The first kappa shape index (κ1) is 14.1. The molecule has 0 aliphatic carbocycles. The Morgan fingerprint density at radius 3 is 3.19 bits per heavy atom. The summed E-state index contributed by atoms with van der Waals surface area (Å²) in [4.78, 5) is 2.42. The molecule has 0 saturated carbocycles. The molecule has 0 aromatic carbocycles. The SMILES string of the molecule is C=CCOCC1CN(Cc2ccoc2)Cc2ccnn2C1. The molecule has 0 N–H and O–H groups in total. The van der Waals surface area contributed by atoms with E-state index in [1.807, 2.05) is 18.5 Å². The number of furan rings is 1. The van der Waals surface area contributed by atoms with Crippen LogP contribution in [0.15, 0.2) is 47.9 Å². The van der Waals surface area contributed by atoms with E-state index in [0.717, 1.165) is 32.8 Å². The van der Waals surface area contributed by atoms with Gasteiger partial charge >= 0.3 is 0 Å². The van der Waals surface area contributed by atoms with E-state index in [1.54, 1.807) is 12.3 Å². The van der Waals surface area contributed by atoms with Gasteiger partial charge in [-0.05, 0) is 12.1 Å². The summed E-state index contributed by atoms with van der Waals surface area (Å²) in [6.07, 6.45) is 7.20. The predicted octanol–water partition coefficient (Wildman–Crippen LogP) is 2.31. The second kappa shape index (κ2) is 6.74. The van der Waals surface area contributed by atoms with Gasteiger partial charge in [0.15, 0.2) is 0 Å². The average molecular weight is 287 g/mol. The largest absolute Gasteiger partial charge is 0.472 e. The summed E-state index contributed by atoms with van der Waals surface area (Å²) in [5, 5.41) is 4.42. The van der Waals surface area contributed by atoms with Crippen molar-refractivity contribution in [2.45, 2.75) is 19.6 Å². The smallest absolute Gasteiger partial charge is 0.0947 e. The van der Waals surface area contributed by atoms with Gasteiger partial charge in [-0.1, -0.05) is 6.08 Å². The second-order valence-corrected chi connectivity index (χ2v) is 5.50. The van der Waals surface area contributed by atoms with Crippen LogP contribution in [0.4, 0.5) is 0 Å². The Kier molecular flexibility index (Phi) is 4.52. The normalized spacial score (nSPS) is 19.1. The fourth-order valence-corrected chi connectivity index (χ4v) is 2.80. The van der Waals surface area contributed by atoms with Crippen LogP contribution in [0.25, 0.3) is 0 Å². The first-order chi connectivity index (χ1) is 10.3. The average Bonchev–Trinajstić information content (AvgIpc) is 3.09. The highest BCUT2D eigenvalue weighted by Crippen LogP contribution is 2.18. The van der Waals surface area contributed by atoms with Gasteiger partial charge in [0.1, 0.15) is 0 Å². The summed E-state index contributed by atoms with van der Waals surface area (Å²) in [5.41, 5.74) is 2.46. The quantitative estimate of drug-likeness (QED) is 0.604. The summed E-state index contributed by atoms with van der Waals surface area (Å²) in [6, 6.07) is 4.11. The third-order valence-electron chi connectivity index (χ3n) is 3.71. The van der Waals surface area contributed by atoms with Gasteiger partial charge < -0.3 is 9.15 Å². The lowest BCUT2D eigenvalue weighted by molar-refractivity contribution is 0.0932. The molecule has 0 fully saturated rings. The molecule has 1 aliphatic rings. The van der Waals surface area contributed by atoms with Crippen molar-refractivity contribution in [3.05, 3.63) is 54.8 Å². The predicted molar refractivity (Wildman–Crippen MR) is 79.6 cm³/mol. The maximum absolute atomic E-state index is 5.65. The van der Waals surface area contributed by atoms with Gasteiger partial charge in [-0.15, -0.1) is 6.58 Å². The zero-order valence-corrected chi connectivity index (χ0v) is 12.1. The minimum absolute atomic E-state index is 0.429. The summed E-state index contributed by atoms with van der Waals surface area (Å²) in [5.74, 6) is 0.429. The molecule has 1 unspecified atom stereocenters. The van der Waals surface area contributed by atoms with Gasteiger partial charge in [-0.2, -0.15) is 5.10 Å². The monoisotopic (exact) mass is 287 g/mol. The molecule has 21 heavy (non-hydrogen) atoms. The number of hydrogen-bond acceptors (Lipinski definition) is 4. The highest BCUT2D eigenvalue weighted by atomic mass is 16.5. The molecule has 0 bridgehead atoms. The Morgan fingerprint density at radius 1 is 1.43 bits per heavy atom. The van der Waals surface area contributed by atoms with E-state index in [-0.39, 0.29) is 0 Å². The summed E-state index contributed by atoms with van der Waals surface area (Å²) < 4.78 is 12.9. The fraction of sp³-hybridized carbons (Fsp3) is 0.438. The molecule has 0 radical (unpaired) electrons. The Morgan fingerprint density at radius 2 is 2.38 bits per heavy atom. The molecule has 112 valence electrons. The third-order valence-corrected chi connectivity index (χ3v) is 3.71. The molecule has 1 aliphatic heterocycles. The van der Waals surface area contributed by atoms with E-state index >= 15 is 0 Å². The minimum atomic E-state index is 0.429. The Balaban J connectivity index is 1.69. The van der Waals surface area contributed by atoms with Gasteiger partial charge in [0.25, 0.3) is 0 Å². The van der Waals surface area contributed by atoms with Crippen LogP contribution in [-0.2, 0) is 24.4 Å². The third kappa shape index (κ3) is 3.62. The molecular weight excluding hydrogens is 266 g/mol. The minimum Gasteiger partial charge on any atom is -0.472 e. The van der Waals surface area contributed by atoms with E-state index < -0.39 is 0 Å². The summed E-state index contributed by atoms with van der Waals surface area (Å²) in [7, 11) is 0. The van der Waals surface area contributed by atoms with Crippen LogP contribution in [0, 0.1) is 5.92 Å². The van der Waals surface area contributed by atoms with Crippen molar-refractivity contribution in [3.63, 3.8) is 0 Å². The van der Waals surface area contributed by atoms with Gasteiger partial charge in [0, 0.05) is 43.9 Å². The molecule has 0 amide bonds. The molecule has 3 rings (SSSR count). The Hall–Kier alpha value is -1.85.